The summed E-state index contributed by atoms with van der Waals surface area (Å²) >= 11 is 0. The van der Waals surface area contributed by atoms with Crippen molar-refractivity contribution >= 4 is 5.78 Å². The van der Waals surface area contributed by atoms with Gasteiger partial charge in [-0.05, 0) is 39.0 Å². The van der Waals surface area contributed by atoms with E-state index in [0.29, 0.717) is 12.8 Å². The zero-order chi connectivity index (χ0) is 18.7. The molecule has 1 aliphatic carbocycles. The smallest absolute Gasteiger partial charge is 0.139 e. The van der Waals surface area contributed by atoms with Crippen LogP contribution in [-0.2, 0) is 4.79 Å². The number of rotatable bonds is 13. The highest BCUT2D eigenvalue weighted by molar-refractivity contribution is 5.84. The quantitative estimate of drug-likeness (QED) is 0.300. The SMILES string of the molecule is C[C@H](O)CCC[C@H](O)/C=C/[C@H]1[C@H](O)CC(=O)[C@@H]1CCCCCCCO. The molecule has 5 heteroatoms. The summed E-state index contributed by atoms with van der Waals surface area (Å²) in [5.41, 5.74) is 0. The highest BCUT2D eigenvalue weighted by Gasteiger charge is 2.39. The van der Waals surface area contributed by atoms with E-state index in [4.69, 9.17) is 5.11 Å². The lowest BCUT2D eigenvalue weighted by atomic mass is 9.88. The Bertz CT molecular complexity index is 394. The molecule has 1 saturated carbocycles. The van der Waals surface area contributed by atoms with Crippen molar-refractivity contribution in [2.75, 3.05) is 6.61 Å². The first-order valence-corrected chi connectivity index (χ1v) is 9.81. The number of unbranched alkanes of at least 4 members (excludes halogenated alkanes) is 4. The maximum atomic E-state index is 12.1. The lowest BCUT2D eigenvalue weighted by Gasteiger charge is -2.18. The minimum Gasteiger partial charge on any atom is -0.396 e. The molecular formula is C20H36O5. The van der Waals surface area contributed by atoms with Crippen LogP contribution in [0.25, 0.3) is 0 Å². The second kappa shape index (κ2) is 12.6. The standard InChI is InChI=1S/C20H36O5/c1-15(22)8-7-9-16(23)11-12-18-17(19(24)14-20(18)25)10-5-3-2-4-6-13-21/h11-12,15-18,20-23,25H,2-10,13-14H2,1H3/b12-11+/t15-,16-,17+,18+,20+/m0/s1. The molecule has 0 amide bonds. The number of hydrogen-bond donors (Lipinski definition) is 4. The number of ketones is 1. The Morgan fingerprint density at radius 2 is 1.76 bits per heavy atom. The Balaban J connectivity index is 2.40. The van der Waals surface area contributed by atoms with Crippen molar-refractivity contribution in [2.45, 2.75) is 89.4 Å². The Labute approximate surface area is 151 Å². The minimum atomic E-state index is -0.646. The average Bonchev–Trinajstić information content (AvgIpc) is 2.81. The van der Waals surface area contributed by atoms with Gasteiger partial charge in [0.25, 0.3) is 0 Å². The van der Waals surface area contributed by atoms with Gasteiger partial charge in [-0.1, -0.05) is 37.8 Å². The van der Waals surface area contributed by atoms with Crippen LogP contribution in [0.3, 0.4) is 0 Å². The monoisotopic (exact) mass is 356 g/mol. The van der Waals surface area contributed by atoms with Gasteiger partial charge in [-0.25, -0.2) is 0 Å². The number of Topliss-reactive ketones (excluding diaryl/α,β-unsaturated/α-hetero) is 1. The highest BCUT2D eigenvalue weighted by Crippen LogP contribution is 2.34. The van der Waals surface area contributed by atoms with Crippen LogP contribution in [0.2, 0.25) is 0 Å². The molecule has 1 aliphatic rings. The molecule has 4 N–H and O–H groups in total. The lowest BCUT2D eigenvalue weighted by molar-refractivity contribution is -0.121. The van der Waals surface area contributed by atoms with Gasteiger partial charge in [-0.2, -0.15) is 0 Å². The van der Waals surface area contributed by atoms with Crippen molar-refractivity contribution in [3.8, 4) is 0 Å². The fourth-order valence-electron chi connectivity index (χ4n) is 3.57. The van der Waals surface area contributed by atoms with Gasteiger partial charge < -0.3 is 20.4 Å². The molecule has 0 bridgehead atoms. The molecule has 0 heterocycles. The summed E-state index contributed by atoms with van der Waals surface area (Å²) in [5, 5.41) is 38.2. The topological polar surface area (TPSA) is 98.0 Å². The molecule has 0 aromatic heterocycles. The number of hydrogen-bond acceptors (Lipinski definition) is 5. The normalized spacial score (nSPS) is 26.4. The van der Waals surface area contributed by atoms with Gasteiger partial charge in [0.05, 0.1) is 18.3 Å². The van der Waals surface area contributed by atoms with E-state index in [1.807, 2.05) is 6.08 Å². The Hall–Kier alpha value is -0.750. The summed E-state index contributed by atoms with van der Waals surface area (Å²) in [6.07, 6.45) is 9.79. The van der Waals surface area contributed by atoms with Crippen LogP contribution in [-0.4, -0.2) is 51.1 Å². The number of carbonyl (C=O) groups is 1. The fraction of sp³-hybridized carbons (Fsp3) is 0.850. The Morgan fingerprint density at radius 3 is 2.44 bits per heavy atom. The molecule has 1 fully saturated rings. The zero-order valence-electron chi connectivity index (χ0n) is 15.5. The maximum Gasteiger partial charge on any atom is 0.139 e. The predicted molar refractivity (Wildman–Crippen MR) is 98.1 cm³/mol. The third kappa shape index (κ3) is 8.95. The molecule has 1 rings (SSSR count). The summed E-state index contributed by atoms with van der Waals surface area (Å²) in [7, 11) is 0. The van der Waals surface area contributed by atoms with Crippen LogP contribution in [0, 0.1) is 11.8 Å². The number of aliphatic hydroxyl groups is 4. The van der Waals surface area contributed by atoms with Gasteiger partial charge in [0, 0.05) is 24.9 Å². The first-order chi connectivity index (χ1) is 12.0. The van der Waals surface area contributed by atoms with Gasteiger partial charge in [0.2, 0.25) is 0 Å². The molecule has 0 spiro atoms. The van der Waals surface area contributed by atoms with Gasteiger partial charge in [0.15, 0.2) is 0 Å². The van der Waals surface area contributed by atoms with Crippen molar-refractivity contribution in [1.29, 1.82) is 0 Å². The van der Waals surface area contributed by atoms with Gasteiger partial charge in [-0.3, -0.25) is 4.79 Å². The summed E-state index contributed by atoms with van der Waals surface area (Å²) in [4.78, 5) is 12.1. The molecule has 0 radical (unpaired) electrons. The van der Waals surface area contributed by atoms with Crippen LogP contribution >= 0.6 is 0 Å². The molecule has 0 aliphatic heterocycles. The first kappa shape index (κ1) is 22.3. The Morgan fingerprint density at radius 1 is 1.08 bits per heavy atom. The third-order valence-corrected chi connectivity index (χ3v) is 5.08. The van der Waals surface area contributed by atoms with E-state index >= 15 is 0 Å². The average molecular weight is 357 g/mol. The summed E-state index contributed by atoms with van der Waals surface area (Å²) in [5.74, 6) is -0.216. The number of aliphatic hydroxyl groups excluding tert-OH is 4. The van der Waals surface area contributed by atoms with E-state index in [0.717, 1.165) is 44.9 Å². The predicted octanol–water partition coefficient (Wildman–Crippen LogP) is 2.35. The lowest BCUT2D eigenvalue weighted by Crippen LogP contribution is -2.19. The molecule has 25 heavy (non-hydrogen) atoms. The second-order valence-corrected chi connectivity index (χ2v) is 7.43. The van der Waals surface area contributed by atoms with Crippen molar-refractivity contribution in [3.63, 3.8) is 0 Å². The van der Waals surface area contributed by atoms with Crippen molar-refractivity contribution in [3.05, 3.63) is 12.2 Å². The van der Waals surface area contributed by atoms with Crippen LogP contribution in [0.4, 0.5) is 0 Å². The molecule has 5 nitrogen and oxygen atoms in total. The van der Waals surface area contributed by atoms with Crippen LogP contribution < -0.4 is 0 Å². The van der Waals surface area contributed by atoms with Gasteiger partial charge >= 0.3 is 0 Å². The molecule has 5 atom stereocenters. The van der Waals surface area contributed by atoms with E-state index < -0.39 is 12.2 Å². The molecule has 0 aromatic rings. The summed E-state index contributed by atoms with van der Waals surface area (Å²) < 4.78 is 0. The third-order valence-electron chi connectivity index (χ3n) is 5.08. The van der Waals surface area contributed by atoms with Gasteiger partial charge in [-0.15, -0.1) is 0 Å². The van der Waals surface area contributed by atoms with Crippen LogP contribution in [0.1, 0.15) is 71.1 Å². The second-order valence-electron chi connectivity index (χ2n) is 7.43. The largest absolute Gasteiger partial charge is 0.396 e. The zero-order valence-corrected chi connectivity index (χ0v) is 15.5. The van der Waals surface area contributed by atoms with Crippen LogP contribution in [0.5, 0.6) is 0 Å². The van der Waals surface area contributed by atoms with Gasteiger partial charge in [0.1, 0.15) is 5.78 Å². The Kier molecular flexibility index (Phi) is 11.2. The molecular weight excluding hydrogens is 320 g/mol. The molecule has 146 valence electrons. The van der Waals surface area contributed by atoms with E-state index in [9.17, 15) is 20.1 Å². The summed E-state index contributed by atoms with van der Waals surface area (Å²) in [6.45, 7) is 1.97. The minimum absolute atomic E-state index is 0.126. The van der Waals surface area contributed by atoms with Crippen molar-refractivity contribution < 1.29 is 25.2 Å². The van der Waals surface area contributed by atoms with Crippen molar-refractivity contribution in [1.82, 2.24) is 0 Å². The highest BCUT2D eigenvalue weighted by atomic mass is 16.3. The van der Waals surface area contributed by atoms with E-state index in [2.05, 4.69) is 0 Å². The summed E-state index contributed by atoms with van der Waals surface area (Å²) in [6, 6.07) is 0. The van der Waals surface area contributed by atoms with E-state index in [-0.39, 0.29) is 36.8 Å². The van der Waals surface area contributed by atoms with E-state index in [1.165, 1.54) is 0 Å². The molecule has 0 saturated heterocycles. The van der Waals surface area contributed by atoms with Crippen molar-refractivity contribution in [2.24, 2.45) is 11.8 Å². The maximum absolute atomic E-state index is 12.1. The number of carbonyl (C=O) groups excluding carboxylic acids is 1. The molecule has 0 aromatic carbocycles. The fourth-order valence-corrected chi connectivity index (χ4v) is 3.57. The van der Waals surface area contributed by atoms with E-state index in [1.54, 1.807) is 13.0 Å². The first-order valence-electron chi connectivity index (χ1n) is 9.81. The van der Waals surface area contributed by atoms with Crippen LogP contribution in [0.15, 0.2) is 12.2 Å². The molecule has 0 unspecified atom stereocenters.